The van der Waals surface area contributed by atoms with Crippen LogP contribution >= 0.6 is 11.6 Å². The number of aliphatic hydroxyl groups excluding tert-OH is 1. The van der Waals surface area contributed by atoms with Crippen LogP contribution < -0.4 is 5.32 Å². The number of halogens is 5. The zero-order valence-electron chi connectivity index (χ0n) is 15.9. The Morgan fingerprint density at radius 1 is 0.933 bits per heavy atom. The highest BCUT2D eigenvalue weighted by atomic mass is 35.5. The van der Waals surface area contributed by atoms with Crippen molar-refractivity contribution in [2.75, 3.05) is 13.1 Å². The van der Waals surface area contributed by atoms with Crippen molar-refractivity contribution in [3.05, 3.63) is 94.3 Å². The lowest BCUT2D eigenvalue weighted by Crippen LogP contribution is -2.24. The van der Waals surface area contributed by atoms with Crippen LogP contribution in [-0.2, 0) is 12.6 Å². The number of alkyl halides is 3. The SMILES string of the molecule is OC(CNCCc1ccc(-c2ccccc2C(F)(F)F)c(Cl)c1)c1ccccc1F. The quantitative estimate of drug-likeness (QED) is 0.349. The van der Waals surface area contributed by atoms with Gasteiger partial charge in [0.25, 0.3) is 0 Å². The molecular formula is C23H20ClF4NO. The molecule has 0 radical (unpaired) electrons. The number of hydrogen-bond donors (Lipinski definition) is 2. The second kappa shape index (κ2) is 9.60. The van der Waals surface area contributed by atoms with Gasteiger partial charge in [0.2, 0.25) is 0 Å². The minimum atomic E-state index is -4.47. The molecule has 3 aromatic carbocycles. The minimum Gasteiger partial charge on any atom is -0.387 e. The summed E-state index contributed by atoms with van der Waals surface area (Å²) in [5.41, 5.74) is 0.675. The van der Waals surface area contributed by atoms with Crippen molar-refractivity contribution in [1.29, 1.82) is 0 Å². The summed E-state index contributed by atoms with van der Waals surface area (Å²) in [7, 11) is 0. The highest BCUT2D eigenvalue weighted by Crippen LogP contribution is 2.39. The van der Waals surface area contributed by atoms with Crippen molar-refractivity contribution < 1.29 is 22.7 Å². The molecule has 3 rings (SSSR count). The van der Waals surface area contributed by atoms with E-state index in [1.165, 1.54) is 24.3 Å². The molecule has 0 aliphatic carbocycles. The fourth-order valence-corrected chi connectivity index (χ4v) is 3.53. The molecule has 0 spiro atoms. The van der Waals surface area contributed by atoms with E-state index in [1.807, 2.05) is 0 Å². The average molecular weight is 438 g/mol. The van der Waals surface area contributed by atoms with E-state index >= 15 is 0 Å². The first-order valence-corrected chi connectivity index (χ1v) is 9.73. The standard InChI is InChI=1S/C23H20ClF4NO/c24-20-13-15(11-12-29-14-22(30)18-6-2-4-8-21(18)25)9-10-17(20)16-5-1-3-7-19(16)23(26,27)28/h1-10,13,22,29-30H,11-12,14H2. The maximum absolute atomic E-state index is 13.7. The maximum atomic E-state index is 13.7. The van der Waals surface area contributed by atoms with Crippen LogP contribution in [0.5, 0.6) is 0 Å². The summed E-state index contributed by atoms with van der Waals surface area (Å²) in [5.74, 6) is -0.465. The molecule has 0 aliphatic rings. The Kier molecular flexibility index (Phi) is 7.13. The summed E-state index contributed by atoms with van der Waals surface area (Å²) in [6, 6.07) is 16.3. The number of aliphatic hydroxyl groups is 1. The van der Waals surface area contributed by atoms with Gasteiger partial charge in [-0.25, -0.2) is 4.39 Å². The van der Waals surface area contributed by atoms with Crippen molar-refractivity contribution in [1.82, 2.24) is 5.32 Å². The summed E-state index contributed by atoms with van der Waals surface area (Å²) < 4.78 is 53.5. The second-order valence-corrected chi connectivity index (χ2v) is 7.26. The molecule has 0 heterocycles. The van der Waals surface area contributed by atoms with Gasteiger partial charge >= 0.3 is 6.18 Å². The maximum Gasteiger partial charge on any atom is 0.417 e. The molecule has 0 saturated heterocycles. The van der Waals surface area contributed by atoms with E-state index in [0.29, 0.717) is 18.5 Å². The topological polar surface area (TPSA) is 32.3 Å². The Morgan fingerprint density at radius 3 is 2.33 bits per heavy atom. The van der Waals surface area contributed by atoms with Crippen LogP contribution in [0.3, 0.4) is 0 Å². The van der Waals surface area contributed by atoms with Crippen LogP contribution in [0, 0.1) is 5.82 Å². The molecule has 158 valence electrons. The Balaban J connectivity index is 1.62. The third-order valence-corrected chi connectivity index (χ3v) is 5.06. The molecule has 0 aliphatic heterocycles. The van der Waals surface area contributed by atoms with Crippen LogP contribution in [0.25, 0.3) is 11.1 Å². The number of benzene rings is 3. The van der Waals surface area contributed by atoms with E-state index in [1.54, 1.807) is 36.4 Å². The van der Waals surface area contributed by atoms with Gasteiger partial charge in [-0.3, -0.25) is 0 Å². The van der Waals surface area contributed by atoms with Gasteiger partial charge in [-0.1, -0.05) is 60.1 Å². The Hall–Kier alpha value is -2.41. The lowest BCUT2D eigenvalue weighted by Gasteiger charge is -2.15. The van der Waals surface area contributed by atoms with E-state index < -0.39 is 23.7 Å². The first kappa shape index (κ1) is 22.3. The summed E-state index contributed by atoms with van der Waals surface area (Å²) in [6.45, 7) is 0.659. The van der Waals surface area contributed by atoms with Crippen LogP contribution in [0.2, 0.25) is 5.02 Å². The number of rotatable bonds is 7. The molecule has 30 heavy (non-hydrogen) atoms. The van der Waals surface area contributed by atoms with Crippen molar-refractivity contribution in [3.63, 3.8) is 0 Å². The smallest absolute Gasteiger partial charge is 0.387 e. The largest absolute Gasteiger partial charge is 0.417 e. The van der Waals surface area contributed by atoms with Gasteiger partial charge in [-0.2, -0.15) is 13.2 Å². The van der Waals surface area contributed by atoms with Gasteiger partial charge in [0.1, 0.15) is 5.82 Å². The predicted molar refractivity (Wildman–Crippen MR) is 110 cm³/mol. The molecule has 0 bridgehead atoms. The van der Waals surface area contributed by atoms with E-state index in [9.17, 15) is 22.7 Å². The molecule has 0 saturated carbocycles. The highest BCUT2D eigenvalue weighted by Gasteiger charge is 2.33. The molecule has 1 unspecified atom stereocenters. The number of nitrogens with one attached hydrogen (secondary N) is 1. The zero-order chi connectivity index (χ0) is 21.7. The van der Waals surface area contributed by atoms with Crippen molar-refractivity contribution in [2.24, 2.45) is 0 Å². The molecule has 7 heteroatoms. The van der Waals surface area contributed by atoms with Gasteiger partial charge in [0, 0.05) is 22.7 Å². The molecule has 2 N–H and O–H groups in total. The predicted octanol–water partition coefficient (Wildman–Crippen LogP) is 6.03. The van der Waals surface area contributed by atoms with E-state index in [-0.39, 0.29) is 22.7 Å². The van der Waals surface area contributed by atoms with Gasteiger partial charge in [-0.15, -0.1) is 0 Å². The van der Waals surface area contributed by atoms with E-state index in [2.05, 4.69) is 5.32 Å². The Morgan fingerprint density at radius 2 is 1.63 bits per heavy atom. The van der Waals surface area contributed by atoms with Crippen LogP contribution in [0.15, 0.2) is 66.7 Å². The molecule has 1 atom stereocenters. The van der Waals surface area contributed by atoms with Gasteiger partial charge in [-0.05, 0) is 42.3 Å². The van der Waals surface area contributed by atoms with Crippen LogP contribution in [-0.4, -0.2) is 18.2 Å². The fraction of sp³-hybridized carbons (Fsp3) is 0.217. The third kappa shape index (κ3) is 5.39. The highest BCUT2D eigenvalue weighted by molar-refractivity contribution is 6.33. The van der Waals surface area contributed by atoms with E-state index in [4.69, 9.17) is 11.6 Å². The van der Waals surface area contributed by atoms with Gasteiger partial charge < -0.3 is 10.4 Å². The molecule has 0 amide bonds. The number of hydrogen-bond acceptors (Lipinski definition) is 2. The molecule has 3 aromatic rings. The van der Waals surface area contributed by atoms with Crippen LogP contribution in [0.1, 0.15) is 22.8 Å². The van der Waals surface area contributed by atoms with Crippen LogP contribution in [0.4, 0.5) is 17.6 Å². The fourth-order valence-electron chi connectivity index (χ4n) is 3.22. The zero-order valence-corrected chi connectivity index (χ0v) is 16.6. The first-order chi connectivity index (χ1) is 14.3. The van der Waals surface area contributed by atoms with Crippen molar-refractivity contribution in [3.8, 4) is 11.1 Å². The lowest BCUT2D eigenvalue weighted by atomic mass is 9.97. The Bertz CT molecular complexity index is 1010. The summed E-state index contributed by atoms with van der Waals surface area (Å²) in [4.78, 5) is 0. The summed E-state index contributed by atoms with van der Waals surface area (Å²) in [5, 5.41) is 13.4. The summed E-state index contributed by atoms with van der Waals surface area (Å²) >= 11 is 6.28. The molecule has 2 nitrogen and oxygen atoms in total. The van der Waals surface area contributed by atoms with Crippen molar-refractivity contribution in [2.45, 2.75) is 18.7 Å². The normalized spacial score (nSPS) is 12.7. The molecular weight excluding hydrogens is 418 g/mol. The van der Waals surface area contributed by atoms with Gasteiger partial charge in [0.15, 0.2) is 0 Å². The second-order valence-electron chi connectivity index (χ2n) is 6.85. The third-order valence-electron chi connectivity index (χ3n) is 4.75. The summed E-state index contributed by atoms with van der Waals surface area (Å²) in [6.07, 6.45) is -4.90. The monoisotopic (exact) mass is 437 g/mol. The van der Waals surface area contributed by atoms with E-state index in [0.717, 1.165) is 11.6 Å². The molecule has 0 fully saturated rings. The Labute approximate surface area is 177 Å². The first-order valence-electron chi connectivity index (χ1n) is 9.35. The lowest BCUT2D eigenvalue weighted by molar-refractivity contribution is -0.137. The van der Waals surface area contributed by atoms with Gasteiger partial charge in [0.05, 0.1) is 11.7 Å². The minimum absolute atomic E-state index is 0.0349. The average Bonchev–Trinajstić information content (AvgIpc) is 2.71. The molecule has 0 aromatic heterocycles. The van der Waals surface area contributed by atoms with Crippen molar-refractivity contribution >= 4 is 11.6 Å².